The fourth-order valence-corrected chi connectivity index (χ4v) is 15.3. The molecule has 52 heavy (non-hydrogen) atoms. The van der Waals surface area contributed by atoms with Crippen molar-refractivity contribution in [3.8, 4) is 0 Å². The minimum absolute atomic E-state index is 0.186. The standard InChI is InChI=1S/C38H62IN7O4Si2/c1-25(2)52(26(3)4,27(5)6)49-23-29-34(43-35-31(41-29)33(39)44-46(35)24-48-20-21-51(10,11)12)45-18-15-38(16-19-45)22-28-14-13-17-40-30(28)32(38)42-36(47)50-37(7,8)9/h13-14,17,25-27,32H,15-16,18-24H2,1-12H3,(H,42,47)/t32-/m1/s1. The van der Waals surface area contributed by atoms with Gasteiger partial charge in [-0.2, -0.15) is 5.10 Å². The fourth-order valence-electron chi connectivity index (χ4n) is 8.54. The summed E-state index contributed by atoms with van der Waals surface area (Å²) in [5, 5.41) is 8.09. The van der Waals surface area contributed by atoms with Crippen molar-refractivity contribution in [1.82, 2.24) is 30.0 Å². The molecule has 1 atom stereocenters. The third-order valence-corrected chi connectivity index (χ3v) is 19.5. The predicted molar refractivity (Wildman–Crippen MR) is 222 cm³/mol. The Labute approximate surface area is 327 Å². The summed E-state index contributed by atoms with van der Waals surface area (Å²) in [4.78, 5) is 31.0. The van der Waals surface area contributed by atoms with E-state index < -0.39 is 28.1 Å². The molecule has 0 unspecified atom stereocenters. The van der Waals surface area contributed by atoms with Crippen LogP contribution in [-0.2, 0) is 33.7 Å². The smallest absolute Gasteiger partial charge is 0.408 e. The van der Waals surface area contributed by atoms with Gasteiger partial charge in [0.1, 0.15) is 23.5 Å². The molecule has 0 radical (unpaired) electrons. The number of carbonyl (C=O) groups excluding carboxylic acids is 1. The van der Waals surface area contributed by atoms with Crippen LogP contribution in [0.15, 0.2) is 18.3 Å². The van der Waals surface area contributed by atoms with Crippen LogP contribution >= 0.6 is 22.6 Å². The molecule has 0 saturated carbocycles. The molecule has 3 aromatic rings. The van der Waals surface area contributed by atoms with Crippen LogP contribution in [0, 0.1) is 9.12 Å². The zero-order chi connectivity index (χ0) is 38.2. The number of amides is 1. The van der Waals surface area contributed by atoms with Crippen molar-refractivity contribution >= 4 is 62.1 Å². The first-order valence-electron chi connectivity index (χ1n) is 19.1. The predicted octanol–water partition coefficient (Wildman–Crippen LogP) is 9.24. The van der Waals surface area contributed by atoms with E-state index in [1.807, 2.05) is 37.7 Å². The Morgan fingerprint density at radius 2 is 1.71 bits per heavy atom. The van der Waals surface area contributed by atoms with E-state index in [2.05, 4.69) is 100 Å². The molecular weight excluding hydrogens is 802 g/mol. The second-order valence-corrected chi connectivity index (χ2v) is 30.2. The molecule has 288 valence electrons. The molecule has 1 N–H and O–H groups in total. The van der Waals surface area contributed by atoms with E-state index in [4.69, 9.17) is 34.0 Å². The molecule has 0 aromatic carbocycles. The van der Waals surface area contributed by atoms with E-state index in [0.717, 1.165) is 70.5 Å². The molecule has 1 amide bonds. The second kappa shape index (κ2) is 15.9. The number of fused-ring (bicyclic) bond motifs is 2. The van der Waals surface area contributed by atoms with Gasteiger partial charge in [0, 0.05) is 39.4 Å². The van der Waals surface area contributed by atoms with Gasteiger partial charge in [-0.15, -0.1) is 0 Å². The van der Waals surface area contributed by atoms with Gasteiger partial charge in [0.25, 0.3) is 0 Å². The first-order valence-corrected chi connectivity index (χ1v) is 26.0. The van der Waals surface area contributed by atoms with Crippen LogP contribution in [-0.4, -0.2) is 72.5 Å². The molecule has 2 aliphatic rings. The molecule has 14 heteroatoms. The lowest BCUT2D eigenvalue weighted by molar-refractivity contribution is 0.0425. The summed E-state index contributed by atoms with van der Waals surface area (Å²) >= 11 is 2.27. The van der Waals surface area contributed by atoms with Gasteiger partial charge in [-0.1, -0.05) is 67.2 Å². The van der Waals surface area contributed by atoms with Gasteiger partial charge in [-0.25, -0.2) is 19.4 Å². The normalized spacial score (nSPS) is 17.9. The quantitative estimate of drug-likeness (QED) is 0.102. The lowest BCUT2D eigenvalue weighted by atomic mass is 9.73. The number of ether oxygens (including phenoxy) is 2. The molecule has 1 spiro atoms. The molecule has 3 aromatic heterocycles. The first kappa shape index (κ1) is 41.0. The monoisotopic (exact) mass is 863 g/mol. The topological polar surface area (TPSA) is 117 Å². The van der Waals surface area contributed by atoms with Crippen LogP contribution in [0.1, 0.15) is 98.1 Å². The van der Waals surface area contributed by atoms with Crippen LogP contribution in [0.3, 0.4) is 0 Å². The SMILES string of the molecule is CC(C)[Si](OCc1nc2c(I)nn(COCC[Si](C)(C)C)c2nc1N1CCC2(CC1)Cc1cccnc1[C@H]2NC(=O)OC(C)(C)C)(C(C)C)C(C)C. The van der Waals surface area contributed by atoms with Gasteiger partial charge in [0.2, 0.25) is 8.32 Å². The number of nitrogens with zero attached hydrogens (tertiary/aromatic N) is 6. The molecule has 5 rings (SSSR count). The van der Waals surface area contributed by atoms with E-state index in [1.54, 1.807) is 0 Å². The van der Waals surface area contributed by atoms with Gasteiger partial charge >= 0.3 is 6.09 Å². The largest absolute Gasteiger partial charge is 0.444 e. The number of hydrogen-bond donors (Lipinski definition) is 1. The highest BCUT2D eigenvalue weighted by Crippen LogP contribution is 2.52. The number of carbonyl (C=O) groups is 1. The van der Waals surface area contributed by atoms with Crippen molar-refractivity contribution in [3.05, 3.63) is 39.0 Å². The Morgan fingerprint density at radius 3 is 2.31 bits per heavy atom. The van der Waals surface area contributed by atoms with Crippen LogP contribution in [0.25, 0.3) is 11.2 Å². The lowest BCUT2D eigenvalue weighted by Gasteiger charge is -2.44. The van der Waals surface area contributed by atoms with Crippen LogP contribution in [0.4, 0.5) is 10.6 Å². The van der Waals surface area contributed by atoms with Crippen molar-refractivity contribution in [2.75, 3.05) is 24.6 Å². The van der Waals surface area contributed by atoms with Gasteiger partial charge in [0.15, 0.2) is 15.2 Å². The van der Waals surface area contributed by atoms with Crippen molar-refractivity contribution in [1.29, 1.82) is 0 Å². The number of halogens is 1. The van der Waals surface area contributed by atoms with Gasteiger partial charge < -0.3 is 24.1 Å². The highest BCUT2D eigenvalue weighted by molar-refractivity contribution is 14.1. The molecule has 1 aliphatic heterocycles. The molecule has 1 fully saturated rings. The van der Waals surface area contributed by atoms with Gasteiger partial charge in [0.05, 0.1) is 18.3 Å². The first-order chi connectivity index (χ1) is 24.3. The maximum atomic E-state index is 13.2. The minimum Gasteiger partial charge on any atom is -0.444 e. The number of hydrogen-bond acceptors (Lipinski definition) is 9. The summed E-state index contributed by atoms with van der Waals surface area (Å²) in [6.45, 7) is 29.6. The molecule has 1 saturated heterocycles. The van der Waals surface area contributed by atoms with Gasteiger partial charge in [-0.05, 0) is 96.9 Å². The molecular formula is C38H62IN7O4Si2. The van der Waals surface area contributed by atoms with Crippen molar-refractivity contribution in [3.63, 3.8) is 0 Å². The highest BCUT2D eigenvalue weighted by atomic mass is 127. The van der Waals surface area contributed by atoms with E-state index in [9.17, 15) is 4.79 Å². The molecule has 0 bridgehead atoms. The Bertz CT molecular complexity index is 1690. The summed E-state index contributed by atoms with van der Waals surface area (Å²) in [6.07, 6.45) is 3.97. The minimum atomic E-state index is -2.19. The van der Waals surface area contributed by atoms with Gasteiger partial charge in [-0.3, -0.25) is 4.98 Å². The summed E-state index contributed by atoms with van der Waals surface area (Å²) in [5.74, 6) is 0.853. The number of pyridine rings is 1. The summed E-state index contributed by atoms with van der Waals surface area (Å²) in [5.41, 5.74) is 5.09. The second-order valence-electron chi connectivity index (χ2n) is 18.1. The molecule has 1 aliphatic carbocycles. The fraction of sp³-hybridized carbons (Fsp3) is 0.711. The van der Waals surface area contributed by atoms with E-state index in [1.165, 1.54) is 5.56 Å². The van der Waals surface area contributed by atoms with Crippen molar-refractivity contribution < 1.29 is 18.7 Å². The number of alkyl carbamates (subject to hydrolysis) is 1. The third-order valence-electron chi connectivity index (χ3n) is 11.0. The van der Waals surface area contributed by atoms with E-state index in [-0.39, 0.29) is 11.5 Å². The summed E-state index contributed by atoms with van der Waals surface area (Å²) in [6, 6.07) is 4.99. The number of rotatable bonds is 13. The number of aromatic nitrogens is 5. The van der Waals surface area contributed by atoms with Crippen molar-refractivity contribution in [2.24, 2.45) is 5.41 Å². The Kier molecular flexibility index (Phi) is 12.6. The summed E-state index contributed by atoms with van der Waals surface area (Å²) in [7, 11) is -3.41. The van der Waals surface area contributed by atoms with Crippen LogP contribution in [0.5, 0.6) is 0 Å². The van der Waals surface area contributed by atoms with Crippen LogP contribution < -0.4 is 10.2 Å². The maximum Gasteiger partial charge on any atom is 0.408 e. The molecule has 4 heterocycles. The average molecular weight is 864 g/mol. The molecule has 11 nitrogen and oxygen atoms in total. The Morgan fingerprint density at radius 1 is 1.06 bits per heavy atom. The van der Waals surface area contributed by atoms with E-state index in [0.29, 0.717) is 36.6 Å². The maximum absolute atomic E-state index is 13.2. The number of anilines is 1. The van der Waals surface area contributed by atoms with Crippen LogP contribution in [0.2, 0.25) is 42.3 Å². The lowest BCUT2D eigenvalue weighted by Crippen LogP contribution is -2.49. The summed E-state index contributed by atoms with van der Waals surface area (Å²) < 4.78 is 21.7. The zero-order valence-corrected chi connectivity index (χ0v) is 37.8. The Hall–Kier alpha value is -2.15. The highest BCUT2D eigenvalue weighted by Gasteiger charge is 2.50. The number of piperidine rings is 1. The number of nitrogens with one attached hydrogen (secondary N) is 1. The average Bonchev–Trinajstić information content (AvgIpc) is 3.50. The van der Waals surface area contributed by atoms with Crippen molar-refractivity contribution in [2.45, 2.75) is 149 Å². The van der Waals surface area contributed by atoms with E-state index >= 15 is 0 Å². The third kappa shape index (κ3) is 8.87. The Balaban J connectivity index is 1.48. The zero-order valence-electron chi connectivity index (χ0n) is 33.6.